The Morgan fingerprint density at radius 1 is 1.48 bits per heavy atom. The average Bonchev–Trinajstić information content (AvgIpc) is 3.11. The van der Waals surface area contributed by atoms with E-state index in [2.05, 4.69) is 11.9 Å². The van der Waals surface area contributed by atoms with Crippen molar-refractivity contribution in [3.8, 4) is 0 Å². The highest BCUT2D eigenvalue weighted by Gasteiger charge is 2.58. The van der Waals surface area contributed by atoms with Crippen LogP contribution in [-0.4, -0.2) is 65.5 Å². The zero-order valence-electron chi connectivity index (χ0n) is 15.1. The number of aliphatic hydroxyl groups is 1. The number of hydrogen-bond donors (Lipinski definition) is 2. The van der Waals surface area contributed by atoms with Crippen LogP contribution in [0.2, 0.25) is 0 Å². The first kappa shape index (κ1) is 19.7. The molecule has 0 spiro atoms. The number of nitrogens with zero attached hydrogens (tertiary/aromatic N) is 1. The topological polar surface area (TPSA) is 107 Å². The number of amides is 2. The summed E-state index contributed by atoms with van der Waals surface area (Å²) >= 11 is 0. The number of esters is 1. The van der Waals surface area contributed by atoms with Gasteiger partial charge in [0.25, 0.3) is 0 Å². The lowest BCUT2D eigenvalue weighted by Crippen LogP contribution is -2.50. The second kappa shape index (κ2) is 7.55. The highest BCUT2D eigenvalue weighted by Crippen LogP contribution is 2.42. The number of carbonyl (C=O) groups is 2. The third kappa shape index (κ3) is 3.84. The molecular weight excluding hydrogens is 363 g/mol. The van der Waals surface area contributed by atoms with E-state index >= 15 is 0 Å². The highest BCUT2D eigenvalue weighted by atomic mass is 19.1. The van der Waals surface area contributed by atoms with Crippen LogP contribution in [0.15, 0.2) is 24.3 Å². The molecule has 3 heterocycles. The molecule has 5 atom stereocenters. The molecule has 3 aliphatic rings. The van der Waals surface area contributed by atoms with E-state index in [0.29, 0.717) is 0 Å². The van der Waals surface area contributed by atoms with Crippen molar-refractivity contribution >= 4 is 12.0 Å². The fraction of sp³-hybridized carbons (Fsp3) is 0.647. The summed E-state index contributed by atoms with van der Waals surface area (Å²) in [7, 11) is 0. The maximum atomic E-state index is 13.9. The first-order chi connectivity index (χ1) is 12.8. The quantitative estimate of drug-likeness (QED) is 0.653. The second-order valence-electron chi connectivity index (χ2n) is 6.64. The van der Waals surface area contributed by atoms with Gasteiger partial charge < -0.3 is 29.4 Å². The minimum atomic E-state index is -1.13. The van der Waals surface area contributed by atoms with Gasteiger partial charge in [-0.2, -0.15) is 0 Å². The summed E-state index contributed by atoms with van der Waals surface area (Å²) in [6.07, 6.45) is -1.94. The Balaban J connectivity index is 1.75. The largest absolute Gasteiger partial charge is 0.466 e. The van der Waals surface area contributed by atoms with E-state index in [9.17, 15) is 19.1 Å². The summed E-state index contributed by atoms with van der Waals surface area (Å²) in [6, 6.07) is -0.632. The highest BCUT2D eigenvalue weighted by molar-refractivity contribution is 5.80. The maximum Gasteiger partial charge on any atom is 0.328 e. The van der Waals surface area contributed by atoms with Crippen LogP contribution in [0, 0.1) is 0 Å². The predicted octanol–water partition coefficient (Wildman–Crippen LogP) is 0.897. The first-order valence-corrected chi connectivity index (χ1v) is 8.71. The number of ether oxygens (including phenoxy) is 4. The molecule has 0 radical (unpaired) electrons. The van der Waals surface area contributed by atoms with Gasteiger partial charge in [0.05, 0.1) is 25.3 Å². The molecule has 27 heavy (non-hydrogen) atoms. The minimum absolute atomic E-state index is 0.0810. The molecule has 0 aliphatic carbocycles. The van der Waals surface area contributed by atoms with Gasteiger partial charge in [0.2, 0.25) is 0 Å². The van der Waals surface area contributed by atoms with E-state index in [1.165, 1.54) is 0 Å². The Hall–Kier alpha value is -2.01. The van der Waals surface area contributed by atoms with Crippen molar-refractivity contribution in [3.63, 3.8) is 0 Å². The van der Waals surface area contributed by atoms with E-state index in [1.54, 1.807) is 13.8 Å². The van der Waals surface area contributed by atoms with Gasteiger partial charge in [-0.1, -0.05) is 6.58 Å². The summed E-state index contributed by atoms with van der Waals surface area (Å²) in [6.45, 7) is 6.68. The number of hydrogen-bond acceptors (Lipinski definition) is 7. The number of carbonyl (C=O) groups excluding carboxylic acids is 2. The molecule has 10 heteroatoms. The summed E-state index contributed by atoms with van der Waals surface area (Å²) in [4.78, 5) is 24.8. The van der Waals surface area contributed by atoms with Crippen molar-refractivity contribution < 1.29 is 38.0 Å². The standard InChI is InChI=1S/C17H23FN2O7/c1-4-24-12(22)5-6-17(3)26-13-11(8-21)25-15(14(13)27-17)20-7-10(18)9(2)19-16(20)23/h7,11,13-15,21H,2,4-6,8H2,1,3H3,(H,19,23)/t11-,13?,14?,15-,17?/m1/s1. The fourth-order valence-corrected chi connectivity index (χ4v) is 3.33. The van der Waals surface area contributed by atoms with E-state index in [-0.39, 0.29) is 37.7 Å². The van der Waals surface area contributed by atoms with Crippen LogP contribution in [0.4, 0.5) is 9.18 Å². The fourth-order valence-electron chi connectivity index (χ4n) is 3.33. The van der Waals surface area contributed by atoms with Gasteiger partial charge >= 0.3 is 12.0 Å². The number of nitrogens with one attached hydrogen (secondary N) is 1. The van der Waals surface area contributed by atoms with Crippen molar-refractivity contribution in [2.75, 3.05) is 13.2 Å². The average molecular weight is 386 g/mol. The molecular formula is C17H23FN2O7. The van der Waals surface area contributed by atoms with Gasteiger partial charge in [0.15, 0.2) is 17.8 Å². The molecule has 3 aliphatic heterocycles. The van der Waals surface area contributed by atoms with Crippen LogP contribution in [0.3, 0.4) is 0 Å². The molecule has 0 aromatic heterocycles. The number of halogens is 1. The molecule has 3 unspecified atom stereocenters. The van der Waals surface area contributed by atoms with E-state index in [1.807, 2.05) is 0 Å². The van der Waals surface area contributed by atoms with Gasteiger partial charge in [0.1, 0.15) is 18.3 Å². The molecule has 2 amide bonds. The SMILES string of the molecule is C=C1NC(=O)N([C@@H]2O[C@H](CO)C3OC(C)(CCC(=O)OCC)OC32)C=C1F. The monoisotopic (exact) mass is 386 g/mol. The zero-order valence-corrected chi connectivity index (χ0v) is 15.1. The maximum absolute atomic E-state index is 13.9. The number of urea groups is 1. The molecule has 150 valence electrons. The molecule has 2 fully saturated rings. The number of rotatable bonds is 6. The van der Waals surface area contributed by atoms with E-state index in [0.717, 1.165) is 11.1 Å². The number of aliphatic hydroxyl groups excluding tert-OH is 1. The Bertz CT molecular complexity index is 670. The summed E-state index contributed by atoms with van der Waals surface area (Å²) in [5, 5.41) is 11.9. The normalized spacial score (nSPS) is 35.7. The smallest absolute Gasteiger partial charge is 0.328 e. The lowest BCUT2D eigenvalue weighted by Gasteiger charge is -2.33. The van der Waals surface area contributed by atoms with Gasteiger partial charge in [-0.05, 0) is 13.8 Å². The van der Waals surface area contributed by atoms with Crippen LogP contribution < -0.4 is 5.32 Å². The lowest BCUT2D eigenvalue weighted by molar-refractivity contribution is -0.215. The van der Waals surface area contributed by atoms with Crippen molar-refractivity contribution in [1.29, 1.82) is 0 Å². The van der Waals surface area contributed by atoms with Crippen LogP contribution in [-0.2, 0) is 23.7 Å². The molecule has 3 rings (SSSR count). The Morgan fingerprint density at radius 3 is 2.85 bits per heavy atom. The molecule has 2 saturated heterocycles. The first-order valence-electron chi connectivity index (χ1n) is 8.71. The third-order valence-corrected chi connectivity index (χ3v) is 4.63. The molecule has 0 saturated carbocycles. The van der Waals surface area contributed by atoms with E-state index < -0.39 is 42.2 Å². The zero-order chi connectivity index (χ0) is 19.8. The Kier molecular flexibility index (Phi) is 5.52. The third-order valence-electron chi connectivity index (χ3n) is 4.63. The molecule has 0 aromatic carbocycles. The van der Waals surface area contributed by atoms with Crippen molar-refractivity contribution in [2.45, 2.75) is 57.0 Å². The molecule has 9 nitrogen and oxygen atoms in total. The minimum Gasteiger partial charge on any atom is -0.466 e. The van der Waals surface area contributed by atoms with Crippen molar-refractivity contribution in [2.24, 2.45) is 0 Å². The van der Waals surface area contributed by atoms with Gasteiger partial charge in [0, 0.05) is 12.6 Å². The number of allylic oxidation sites excluding steroid dienone is 1. The lowest BCUT2D eigenvalue weighted by atomic mass is 10.1. The summed E-state index contributed by atoms with van der Waals surface area (Å²) in [5.74, 6) is -2.23. The van der Waals surface area contributed by atoms with Crippen molar-refractivity contribution in [1.82, 2.24) is 10.2 Å². The predicted molar refractivity (Wildman–Crippen MR) is 88.5 cm³/mol. The van der Waals surface area contributed by atoms with Crippen LogP contribution in [0.5, 0.6) is 0 Å². The van der Waals surface area contributed by atoms with Gasteiger partial charge in [-0.15, -0.1) is 0 Å². The molecule has 2 N–H and O–H groups in total. The van der Waals surface area contributed by atoms with Crippen LogP contribution in [0.1, 0.15) is 26.7 Å². The molecule has 0 bridgehead atoms. The van der Waals surface area contributed by atoms with Crippen LogP contribution in [0.25, 0.3) is 0 Å². The summed E-state index contributed by atoms with van der Waals surface area (Å²) in [5.41, 5.74) is -0.146. The Morgan fingerprint density at radius 2 is 2.19 bits per heavy atom. The van der Waals surface area contributed by atoms with Crippen molar-refractivity contribution in [3.05, 3.63) is 24.3 Å². The molecule has 0 aromatic rings. The Labute approximate surface area is 155 Å². The van der Waals surface area contributed by atoms with Gasteiger partial charge in [-0.3, -0.25) is 9.69 Å². The second-order valence-corrected chi connectivity index (χ2v) is 6.64. The number of fused-ring (bicyclic) bond motifs is 1. The van der Waals surface area contributed by atoms with E-state index in [4.69, 9.17) is 18.9 Å². The van der Waals surface area contributed by atoms with Crippen LogP contribution >= 0.6 is 0 Å². The summed E-state index contributed by atoms with van der Waals surface area (Å²) < 4.78 is 36.3. The van der Waals surface area contributed by atoms with Gasteiger partial charge in [-0.25, -0.2) is 9.18 Å².